The van der Waals surface area contributed by atoms with Crippen molar-refractivity contribution < 1.29 is 9.53 Å². The van der Waals surface area contributed by atoms with Crippen molar-refractivity contribution in [3.8, 4) is 11.4 Å². The van der Waals surface area contributed by atoms with Crippen LogP contribution in [0.4, 0.5) is 0 Å². The molecule has 6 heteroatoms. The Balaban J connectivity index is 1.70. The average Bonchev–Trinajstić information content (AvgIpc) is 2.99. The summed E-state index contributed by atoms with van der Waals surface area (Å²) in [6, 6.07) is 15.8. The highest BCUT2D eigenvalue weighted by molar-refractivity contribution is 9.10. The molecule has 0 aliphatic rings. The van der Waals surface area contributed by atoms with E-state index < -0.39 is 0 Å². The van der Waals surface area contributed by atoms with E-state index in [1.54, 1.807) is 12.3 Å². The number of ether oxygens (including phenoxy) is 1. The largest absolute Gasteiger partial charge is 0.484 e. The molecule has 0 fully saturated rings. The maximum atomic E-state index is 12.0. The van der Waals surface area contributed by atoms with Gasteiger partial charge in [0.2, 0.25) is 0 Å². The van der Waals surface area contributed by atoms with Crippen LogP contribution < -0.4 is 10.2 Å². The standard InChI is InChI=1S/C24H26BrN3O2/c1-5-19-9-6-8-16(2)24(19)28-17(3)12-20(18(28)4)14-26-27-23(29)15-30-22-11-7-10-21(25)13-22/h6-14H,5,15H2,1-4H3,(H,27,29)/b26-14+. The second-order valence-corrected chi connectivity index (χ2v) is 8.05. The third kappa shape index (κ3) is 5.00. The van der Waals surface area contributed by atoms with Crippen molar-refractivity contribution in [2.45, 2.75) is 34.1 Å². The SMILES string of the molecule is CCc1cccc(C)c1-n1c(C)cc(/C=N/NC(=O)COc2cccc(Br)c2)c1C. The van der Waals surface area contributed by atoms with Crippen LogP contribution in [-0.2, 0) is 11.2 Å². The fourth-order valence-corrected chi connectivity index (χ4v) is 3.88. The van der Waals surface area contributed by atoms with Gasteiger partial charge in [0.05, 0.1) is 11.9 Å². The normalized spacial score (nSPS) is 11.1. The summed E-state index contributed by atoms with van der Waals surface area (Å²) in [6.07, 6.45) is 2.64. The molecule has 1 N–H and O–H groups in total. The number of hydrazone groups is 1. The predicted molar refractivity (Wildman–Crippen MR) is 125 cm³/mol. The van der Waals surface area contributed by atoms with Gasteiger partial charge in [0, 0.05) is 21.4 Å². The van der Waals surface area contributed by atoms with Crippen LogP contribution in [0.3, 0.4) is 0 Å². The Morgan fingerprint density at radius 2 is 1.93 bits per heavy atom. The van der Waals surface area contributed by atoms with E-state index in [1.165, 1.54) is 16.8 Å². The zero-order valence-corrected chi connectivity index (χ0v) is 19.3. The summed E-state index contributed by atoms with van der Waals surface area (Å²) in [7, 11) is 0. The molecule has 0 aliphatic heterocycles. The molecule has 1 amide bonds. The van der Waals surface area contributed by atoms with Gasteiger partial charge >= 0.3 is 0 Å². The Morgan fingerprint density at radius 3 is 2.67 bits per heavy atom. The molecule has 0 aliphatic carbocycles. The first kappa shape index (κ1) is 21.8. The van der Waals surface area contributed by atoms with Gasteiger partial charge in [0.25, 0.3) is 5.91 Å². The van der Waals surface area contributed by atoms with Crippen molar-refractivity contribution in [2.75, 3.05) is 6.61 Å². The molecule has 156 valence electrons. The fourth-order valence-electron chi connectivity index (χ4n) is 3.50. The highest BCUT2D eigenvalue weighted by atomic mass is 79.9. The molecular formula is C24H26BrN3O2. The van der Waals surface area contributed by atoms with Crippen LogP contribution in [0.1, 0.15) is 35.0 Å². The molecule has 0 unspecified atom stereocenters. The second-order valence-electron chi connectivity index (χ2n) is 7.14. The van der Waals surface area contributed by atoms with E-state index in [1.807, 2.05) is 18.2 Å². The van der Waals surface area contributed by atoms with Gasteiger partial charge in [-0.05, 0) is 62.6 Å². The third-order valence-corrected chi connectivity index (χ3v) is 5.45. The summed E-state index contributed by atoms with van der Waals surface area (Å²) in [5.41, 5.74) is 9.47. The van der Waals surface area contributed by atoms with Crippen molar-refractivity contribution in [3.05, 3.63) is 81.1 Å². The van der Waals surface area contributed by atoms with Crippen molar-refractivity contribution >= 4 is 28.1 Å². The summed E-state index contributed by atoms with van der Waals surface area (Å²) in [5, 5.41) is 4.12. The lowest BCUT2D eigenvalue weighted by Gasteiger charge is -2.17. The number of nitrogens with zero attached hydrogens (tertiary/aromatic N) is 2. The summed E-state index contributed by atoms with van der Waals surface area (Å²) < 4.78 is 8.63. The average molecular weight is 468 g/mol. The Hall–Kier alpha value is -2.86. The number of aromatic nitrogens is 1. The third-order valence-electron chi connectivity index (χ3n) is 4.96. The minimum atomic E-state index is -0.313. The maximum Gasteiger partial charge on any atom is 0.277 e. The first-order valence-electron chi connectivity index (χ1n) is 9.88. The number of carbonyl (C=O) groups excluding carboxylic acids is 1. The zero-order chi connectivity index (χ0) is 21.7. The lowest BCUT2D eigenvalue weighted by atomic mass is 10.1. The van der Waals surface area contributed by atoms with Gasteiger partial charge in [-0.3, -0.25) is 4.79 Å². The van der Waals surface area contributed by atoms with E-state index in [4.69, 9.17) is 4.74 Å². The number of hydrogen-bond acceptors (Lipinski definition) is 3. The van der Waals surface area contributed by atoms with E-state index in [9.17, 15) is 4.79 Å². The molecular weight excluding hydrogens is 442 g/mol. The summed E-state index contributed by atoms with van der Waals surface area (Å²) in [5.74, 6) is 0.309. The summed E-state index contributed by atoms with van der Waals surface area (Å²) in [6.45, 7) is 8.35. The molecule has 3 rings (SSSR count). The summed E-state index contributed by atoms with van der Waals surface area (Å²) >= 11 is 3.38. The van der Waals surface area contributed by atoms with Crippen LogP contribution in [0.25, 0.3) is 5.69 Å². The molecule has 1 aromatic heterocycles. The monoisotopic (exact) mass is 467 g/mol. The molecule has 0 saturated carbocycles. The van der Waals surface area contributed by atoms with E-state index in [0.717, 1.165) is 27.8 Å². The Kier molecular flexibility index (Phi) is 7.11. The number of nitrogens with one attached hydrogen (secondary N) is 1. The van der Waals surface area contributed by atoms with Crippen LogP contribution in [0, 0.1) is 20.8 Å². The molecule has 0 saturated heterocycles. The van der Waals surface area contributed by atoms with E-state index >= 15 is 0 Å². The first-order valence-corrected chi connectivity index (χ1v) is 10.7. The second kappa shape index (κ2) is 9.76. The zero-order valence-electron chi connectivity index (χ0n) is 17.7. The van der Waals surface area contributed by atoms with Gasteiger partial charge in [0.15, 0.2) is 6.61 Å². The molecule has 0 atom stereocenters. The number of para-hydroxylation sites is 1. The van der Waals surface area contributed by atoms with Crippen molar-refractivity contribution in [3.63, 3.8) is 0 Å². The number of halogens is 1. The van der Waals surface area contributed by atoms with Crippen molar-refractivity contribution in [2.24, 2.45) is 5.10 Å². The molecule has 0 bridgehead atoms. The highest BCUT2D eigenvalue weighted by Gasteiger charge is 2.14. The van der Waals surface area contributed by atoms with Gasteiger partial charge in [-0.15, -0.1) is 0 Å². The first-order chi connectivity index (χ1) is 14.4. The van der Waals surface area contributed by atoms with Crippen molar-refractivity contribution in [1.82, 2.24) is 9.99 Å². The van der Waals surface area contributed by atoms with Gasteiger partial charge in [-0.25, -0.2) is 5.43 Å². The highest BCUT2D eigenvalue weighted by Crippen LogP contribution is 2.26. The van der Waals surface area contributed by atoms with E-state index in [2.05, 4.69) is 83.0 Å². The lowest BCUT2D eigenvalue weighted by Crippen LogP contribution is -2.24. The van der Waals surface area contributed by atoms with Crippen LogP contribution in [0.2, 0.25) is 0 Å². The topological polar surface area (TPSA) is 55.6 Å². The van der Waals surface area contributed by atoms with Crippen LogP contribution in [0.5, 0.6) is 5.75 Å². The fraction of sp³-hybridized carbons (Fsp3) is 0.250. The molecule has 30 heavy (non-hydrogen) atoms. The van der Waals surface area contributed by atoms with Gasteiger partial charge < -0.3 is 9.30 Å². The van der Waals surface area contributed by atoms with Crippen LogP contribution in [-0.4, -0.2) is 23.3 Å². The number of hydrogen-bond donors (Lipinski definition) is 1. The quantitative estimate of drug-likeness (QED) is 0.380. The number of rotatable bonds is 7. The minimum absolute atomic E-state index is 0.101. The van der Waals surface area contributed by atoms with Crippen LogP contribution >= 0.6 is 15.9 Å². The Labute approximate surface area is 185 Å². The number of carbonyl (C=O) groups is 1. The summed E-state index contributed by atoms with van der Waals surface area (Å²) in [4.78, 5) is 12.0. The lowest BCUT2D eigenvalue weighted by molar-refractivity contribution is -0.123. The van der Waals surface area contributed by atoms with Gasteiger partial charge in [-0.1, -0.05) is 47.1 Å². The minimum Gasteiger partial charge on any atom is -0.484 e. The van der Waals surface area contributed by atoms with Crippen LogP contribution in [0.15, 0.2) is 58.1 Å². The molecule has 0 radical (unpaired) electrons. The predicted octanol–water partition coefficient (Wildman–Crippen LogP) is 5.26. The molecule has 3 aromatic rings. The molecule has 1 heterocycles. The van der Waals surface area contributed by atoms with Crippen molar-refractivity contribution in [1.29, 1.82) is 0 Å². The molecule has 5 nitrogen and oxygen atoms in total. The molecule has 2 aromatic carbocycles. The van der Waals surface area contributed by atoms with E-state index in [0.29, 0.717) is 5.75 Å². The number of amides is 1. The van der Waals surface area contributed by atoms with Gasteiger partial charge in [-0.2, -0.15) is 5.10 Å². The smallest absolute Gasteiger partial charge is 0.277 e. The Morgan fingerprint density at radius 1 is 1.17 bits per heavy atom. The molecule has 0 spiro atoms. The maximum absolute atomic E-state index is 12.0. The number of aryl methyl sites for hydroxylation is 3. The van der Waals surface area contributed by atoms with E-state index in [-0.39, 0.29) is 12.5 Å². The van der Waals surface area contributed by atoms with Gasteiger partial charge in [0.1, 0.15) is 5.75 Å². The number of benzene rings is 2. The Bertz CT molecular complexity index is 1090.